The predicted octanol–water partition coefficient (Wildman–Crippen LogP) is 2.13. The maximum Gasteiger partial charge on any atom is 0.267 e. The molecule has 6 rings (SSSR count). The summed E-state index contributed by atoms with van der Waals surface area (Å²) in [5.41, 5.74) is 1.92. The lowest BCUT2D eigenvalue weighted by molar-refractivity contribution is -0.228. The van der Waals surface area contributed by atoms with Gasteiger partial charge in [0.2, 0.25) is 0 Å². The largest absolute Gasteiger partial charge is 0.309 e. The highest BCUT2D eigenvalue weighted by Crippen LogP contribution is 2.58. The van der Waals surface area contributed by atoms with Gasteiger partial charge in [0.15, 0.2) is 5.66 Å². The van der Waals surface area contributed by atoms with Crippen LogP contribution in [0.2, 0.25) is 0 Å². The molecule has 0 aliphatic carbocycles. The van der Waals surface area contributed by atoms with E-state index >= 15 is 0 Å². The summed E-state index contributed by atoms with van der Waals surface area (Å²) in [4.78, 5) is 33.5. The number of piperidine rings is 2. The van der Waals surface area contributed by atoms with Gasteiger partial charge in [-0.05, 0) is 19.4 Å². The summed E-state index contributed by atoms with van der Waals surface area (Å²) >= 11 is 0. The zero-order chi connectivity index (χ0) is 18.5. The Morgan fingerprint density at radius 1 is 1.00 bits per heavy atom. The Bertz CT molecular complexity index is 806. The van der Waals surface area contributed by atoms with Gasteiger partial charge in [0.1, 0.15) is 5.78 Å². The maximum absolute atomic E-state index is 13.8. The van der Waals surface area contributed by atoms with Gasteiger partial charge < -0.3 is 4.90 Å². The molecule has 0 radical (unpaired) electrons. The number of rotatable bonds is 2. The number of nitrogens with zero attached hydrogens (tertiary/aromatic N) is 3. The van der Waals surface area contributed by atoms with Crippen molar-refractivity contribution >= 4 is 17.4 Å². The fourth-order valence-corrected chi connectivity index (χ4v) is 6.20. The van der Waals surface area contributed by atoms with Crippen LogP contribution in [-0.4, -0.2) is 54.2 Å². The van der Waals surface area contributed by atoms with Crippen LogP contribution in [-0.2, 0) is 15.3 Å². The van der Waals surface area contributed by atoms with Gasteiger partial charge in [0, 0.05) is 38.3 Å². The van der Waals surface area contributed by atoms with Gasteiger partial charge in [-0.3, -0.25) is 19.4 Å². The van der Waals surface area contributed by atoms with Crippen molar-refractivity contribution in [3.8, 4) is 0 Å². The quantitative estimate of drug-likeness (QED) is 0.817. The van der Waals surface area contributed by atoms with E-state index in [9.17, 15) is 9.59 Å². The van der Waals surface area contributed by atoms with Crippen LogP contribution in [0.5, 0.6) is 0 Å². The molecule has 138 valence electrons. The third-order valence-corrected chi connectivity index (χ3v) is 6.98. The highest BCUT2D eigenvalue weighted by molar-refractivity contribution is 6.08. The molecule has 5 heterocycles. The molecule has 4 fully saturated rings. The van der Waals surface area contributed by atoms with E-state index in [4.69, 9.17) is 0 Å². The highest BCUT2D eigenvalue weighted by atomic mass is 16.2. The minimum absolute atomic E-state index is 0.179. The monoisotopic (exact) mass is 353 g/mol. The SMILES string of the molecule is CCCN1C(=O)C2(c3cc(C)ccc31)N1CC3(C)CN2CC(C)(C1)C3=O. The van der Waals surface area contributed by atoms with Gasteiger partial charge in [-0.25, -0.2) is 0 Å². The highest BCUT2D eigenvalue weighted by Gasteiger charge is 2.72. The third kappa shape index (κ3) is 1.65. The van der Waals surface area contributed by atoms with Gasteiger partial charge in [-0.15, -0.1) is 0 Å². The van der Waals surface area contributed by atoms with E-state index in [-0.39, 0.29) is 16.7 Å². The average molecular weight is 353 g/mol. The summed E-state index contributed by atoms with van der Waals surface area (Å²) in [7, 11) is 0. The van der Waals surface area contributed by atoms with Crippen LogP contribution >= 0.6 is 0 Å². The number of benzene rings is 1. The lowest BCUT2D eigenvalue weighted by atomic mass is 9.60. The Hall–Kier alpha value is -1.72. The number of amides is 1. The molecule has 5 aliphatic rings. The fraction of sp³-hybridized carbons (Fsp3) is 0.619. The molecule has 5 aliphatic heterocycles. The summed E-state index contributed by atoms with van der Waals surface area (Å²) in [6, 6.07) is 6.40. The first-order valence-electron chi connectivity index (χ1n) is 9.74. The van der Waals surface area contributed by atoms with Crippen molar-refractivity contribution in [2.45, 2.75) is 39.8 Å². The minimum atomic E-state index is -0.712. The minimum Gasteiger partial charge on any atom is -0.309 e. The van der Waals surface area contributed by atoms with E-state index in [0.29, 0.717) is 32.0 Å². The van der Waals surface area contributed by atoms with Crippen LogP contribution in [0.1, 0.15) is 38.3 Å². The van der Waals surface area contributed by atoms with Crippen LogP contribution in [0, 0.1) is 17.8 Å². The molecule has 0 N–H and O–H groups in total. The first-order valence-corrected chi connectivity index (χ1v) is 9.74. The number of carbonyl (C=O) groups is 2. The molecule has 1 spiro atoms. The molecule has 0 unspecified atom stereocenters. The van der Waals surface area contributed by atoms with E-state index in [1.807, 2.05) is 4.90 Å². The van der Waals surface area contributed by atoms with Crippen LogP contribution in [0.15, 0.2) is 18.2 Å². The second-order valence-electron chi connectivity index (χ2n) is 9.31. The molecule has 26 heavy (non-hydrogen) atoms. The number of carbonyl (C=O) groups excluding carboxylic acids is 2. The summed E-state index contributed by atoms with van der Waals surface area (Å²) in [6.45, 7) is 11.8. The van der Waals surface area contributed by atoms with Crippen LogP contribution in [0.3, 0.4) is 0 Å². The van der Waals surface area contributed by atoms with Crippen molar-refractivity contribution in [2.24, 2.45) is 10.8 Å². The summed E-state index contributed by atoms with van der Waals surface area (Å²) in [6.07, 6.45) is 0.934. The second kappa shape index (κ2) is 4.76. The standard InChI is InChI=1S/C21H27N3O2/c1-5-8-24-16-7-6-14(2)9-15(16)21(18(24)26)22-10-19(3)11-23(21)13-20(4,12-22)17(19)25/h6-7,9H,5,8,10-13H2,1-4H3. The Morgan fingerprint density at radius 3 is 2.12 bits per heavy atom. The van der Waals surface area contributed by atoms with Crippen molar-refractivity contribution in [2.75, 3.05) is 37.6 Å². The van der Waals surface area contributed by atoms with Gasteiger partial charge in [-0.1, -0.05) is 38.5 Å². The van der Waals surface area contributed by atoms with Crippen molar-refractivity contribution in [3.63, 3.8) is 0 Å². The molecule has 1 aromatic rings. The number of fused-ring (bicyclic) bond motifs is 1. The summed E-state index contributed by atoms with van der Waals surface area (Å²) in [5.74, 6) is 0.561. The molecule has 4 saturated heterocycles. The first-order chi connectivity index (χ1) is 12.3. The smallest absolute Gasteiger partial charge is 0.267 e. The molecule has 1 aromatic carbocycles. The number of hydrogen-bond acceptors (Lipinski definition) is 4. The number of Topliss-reactive ketones (excluding diaryl/α,β-unsaturated/α-hetero) is 1. The maximum atomic E-state index is 13.8. The van der Waals surface area contributed by atoms with Crippen LogP contribution in [0.25, 0.3) is 0 Å². The van der Waals surface area contributed by atoms with E-state index in [2.05, 4.69) is 55.7 Å². The molecule has 5 heteroatoms. The Labute approximate surface area is 154 Å². The number of hydrogen-bond donors (Lipinski definition) is 0. The number of aryl methyl sites for hydroxylation is 1. The fourth-order valence-electron chi connectivity index (χ4n) is 6.20. The van der Waals surface area contributed by atoms with Gasteiger partial charge in [-0.2, -0.15) is 0 Å². The molecular formula is C21H27N3O2. The number of ketones is 1. The summed E-state index contributed by atoms with van der Waals surface area (Å²) in [5, 5.41) is 0. The van der Waals surface area contributed by atoms with E-state index in [1.165, 1.54) is 5.56 Å². The predicted molar refractivity (Wildman–Crippen MR) is 99.9 cm³/mol. The zero-order valence-electron chi connectivity index (χ0n) is 16.1. The molecule has 4 bridgehead atoms. The van der Waals surface area contributed by atoms with Crippen molar-refractivity contribution in [3.05, 3.63) is 29.3 Å². The van der Waals surface area contributed by atoms with Gasteiger partial charge in [0.05, 0.1) is 16.5 Å². The van der Waals surface area contributed by atoms with Crippen molar-refractivity contribution in [1.29, 1.82) is 0 Å². The van der Waals surface area contributed by atoms with Crippen molar-refractivity contribution < 1.29 is 9.59 Å². The normalized spacial score (nSPS) is 42.8. The molecule has 5 nitrogen and oxygen atoms in total. The van der Waals surface area contributed by atoms with E-state index in [0.717, 1.165) is 24.2 Å². The molecule has 0 saturated carbocycles. The molecule has 0 aromatic heterocycles. The molecular weight excluding hydrogens is 326 g/mol. The van der Waals surface area contributed by atoms with Crippen LogP contribution in [0.4, 0.5) is 5.69 Å². The van der Waals surface area contributed by atoms with E-state index < -0.39 is 5.66 Å². The first kappa shape index (κ1) is 16.5. The number of anilines is 1. The Balaban J connectivity index is 1.72. The lowest BCUT2D eigenvalue weighted by Gasteiger charge is -2.68. The second-order valence-corrected chi connectivity index (χ2v) is 9.31. The van der Waals surface area contributed by atoms with Crippen LogP contribution < -0.4 is 4.90 Å². The molecule has 1 amide bonds. The lowest BCUT2D eigenvalue weighted by Crippen LogP contribution is -2.83. The molecule has 0 atom stereocenters. The Morgan fingerprint density at radius 2 is 1.58 bits per heavy atom. The average Bonchev–Trinajstić information content (AvgIpc) is 2.79. The third-order valence-electron chi connectivity index (χ3n) is 6.98. The van der Waals surface area contributed by atoms with Crippen molar-refractivity contribution in [1.82, 2.24) is 9.80 Å². The van der Waals surface area contributed by atoms with Gasteiger partial charge in [0.25, 0.3) is 5.91 Å². The zero-order valence-corrected chi connectivity index (χ0v) is 16.1. The van der Waals surface area contributed by atoms with E-state index in [1.54, 1.807) is 0 Å². The van der Waals surface area contributed by atoms with Gasteiger partial charge >= 0.3 is 0 Å². The Kier molecular flexibility index (Phi) is 3.01. The topological polar surface area (TPSA) is 43.9 Å². The summed E-state index contributed by atoms with van der Waals surface area (Å²) < 4.78 is 0.